The Morgan fingerprint density at radius 2 is 1.00 bits per heavy atom. The predicted octanol–water partition coefficient (Wildman–Crippen LogP) is 3.57. The number of hydrogen-bond acceptors (Lipinski definition) is 8. The SMILES string of the molecule is CCCCCCCCCCCCCCC/C=C/C(=O)O.CCOCC.OC[C@@H](O)[C@@H](O)[C@H](O)[C@H](O)CO. The average molecular weight is 539 g/mol. The predicted molar refractivity (Wildman–Crippen MR) is 147 cm³/mol. The van der Waals surface area contributed by atoms with Crippen LogP contribution in [0.25, 0.3) is 0 Å². The van der Waals surface area contributed by atoms with Crippen molar-refractivity contribution in [2.24, 2.45) is 0 Å². The average Bonchev–Trinajstić information content (AvgIpc) is 2.90. The molecule has 0 amide bonds. The summed E-state index contributed by atoms with van der Waals surface area (Å²) in [7, 11) is 0. The van der Waals surface area contributed by atoms with Gasteiger partial charge in [0.15, 0.2) is 0 Å². The number of carboxylic acid groups (broad SMARTS) is 1. The lowest BCUT2D eigenvalue weighted by molar-refractivity contribution is -0.131. The van der Waals surface area contributed by atoms with Crippen molar-refractivity contribution in [1.82, 2.24) is 0 Å². The van der Waals surface area contributed by atoms with Crippen LogP contribution in [0.5, 0.6) is 0 Å². The zero-order valence-electron chi connectivity index (χ0n) is 23.6. The Bertz CT molecular complexity index is 459. The number of hydrogen-bond donors (Lipinski definition) is 7. The molecule has 7 N–H and O–H groups in total. The van der Waals surface area contributed by atoms with Gasteiger partial charge in [0.25, 0.3) is 0 Å². The van der Waals surface area contributed by atoms with Crippen molar-refractivity contribution in [2.45, 2.75) is 135 Å². The molecule has 37 heavy (non-hydrogen) atoms. The van der Waals surface area contributed by atoms with E-state index < -0.39 is 43.6 Å². The summed E-state index contributed by atoms with van der Waals surface area (Å²) in [6.45, 7) is 6.48. The normalized spacial score (nSPS) is 14.2. The molecule has 4 atom stereocenters. The van der Waals surface area contributed by atoms with Crippen LogP contribution in [-0.4, -0.2) is 92.6 Å². The maximum absolute atomic E-state index is 10.2. The highest BCUT2D eigenvalue weighted by Crippen LogP contribution is 2.13. The Balaban J connectivity index is -0.000000572. The van der Waals surface area contributed by atoms with E-state index in [4.69, 9.17) is 40.5 Å². The summed E-state index contributed by atoms with van der Waals surface area (Å²) in [6, 6.07) is 0. The van der Waals surface area contributed by atoms with Gasteiger partial charge in [-0.15, -0.1) is 0 Å². The third-order valence-corrected chi connectivity index (χ3v) is 5.66. The van der Waals surface area contributed by atoms with Crippen LogP contribution in [-0.2, 0) is 9.53 Å². The number of ether oxygens (including phenoxy) is 1. The molecule has 0 saturated heterocycles. The Morgan fingerprint density at radius 1 is 0.649 bits per heavy atom. The van der Waals surface area contributed by atoms with Crippen LogP contribution in [0.3, 0.4) is 0 Å². The van der Waals surface area contributed by atoms with Gasteiger partial charge in [0.2, 0.25) is 0 Å². The van der Waals surface area contributed by atoms with Gasteiger partial charge in [-0.1, -0.05) is 90.0 Å². The van der Waals surface area contributed by atoms with E-state index in [9.17, 15) is 4.79 Å². The molecule has 0 aromatic rings. The number of carbonyl (C=O) groups is 1. The first-order chi connectivity index (χ1) is 17.7. The highest BCUT2D eigenvalue weighted by Gasteiger charge is 2.29. The number of aliphatic hydroxyl groups excluding tert-OH is 6. The fraction of sp³-hybridized carbons (Fsp3) is 0.893. The van der Waals surface area contributed by atoms with Crippen molar-refractivity contribution in [2.75, 3.05) is 26.4 Å². The van der Waals surface area contributed by atoms with Crippen molar-refractivity contribution in [3.8, 4) is 0 Å². The molecule has 0 saturated carbocycles. The van der Waals surface area contributed by atoms with Crippen LogP contribution in [0.15, 0.2) is 12.2 Å². The highest BCUT2D eigenvalue weighted by molar-refractivity contribution is 5.79. The summed E-state index contributed by atoms with van der Waals surface area (Å²) in [4.78, 5) is 10.2. The lowest BCUT2D eigenvalue weighted by Gasteiger charge is -2.24. The molecule has 0 aromatic heterocycles. The molecule has 0 aliphatic carbocycles. The smallest absolute Gasteiger partial charge is 0.327 e. The van der Waals surface area contributed by atoms with Crippen molar-refractivity contribution >= 4 is 5.97 Å². The second kappa shape index (κ2) is 33.0. The lowest BCUT2D eigenvalue weighted by Crippen LogP contribution is -2.46. The largest absolute Gasteiger partial charge is 0.478 e. The molecular weight excluding hydrogens is 480 g/mol. The van der Waals surface area contributed by atoms with E-state index in [0.29, 0.717) is 0 Å². The second-order valence-electron chi connectivity index (χ2n) is 9.03. The maximum Gasteiger partial charge on any atom is 0.327 e. The first-order valence-electron chi connectivity index (χ1n) is 14.1. The van der Waals surface area contributed by atoms with Crippen molar-refractivity contribution in [1.29, 1.82) is 0 Å². The van der Waals surface area contributed by atoms with Crippen LogP contribution in [0.4, 0.5) is 0 Å². The van der Waals surface area contributed by atoms with E-state index in [1.165, 1.54) is 83.1 Å². The summed E-state index contributed by atoms with van der Waals surface area (Å²) < 4.78 is 4.83. The monoisotopic (exact) mass is 538 g/mol. The van der Waals surface area contributed by atoms with E-state index in [0.717, 1.165) is 26.1 Å². The van der Waals surface area contributed by atoms with E-state index >= 15 is 0 Å². The molecule has 0 heterocycles. The van der Waals surface area contributed by atoms with Gasteiger partial charge in [-0.05, 0) is 26.7 Å². The van der Waals surface area contributed by atoms with Gasteiger partial charge in [-0.3, -0.25) is 0 Å². The zero-order valence-corrected chi connectivity index (χ0v) is 23.6. The molecule has 0 bridgehead atoms. The van der Waals surface area contributed by atoms with Crippen LogP contribution >= 0.6 is 0 Å². The van der Waals surface area contributed by atoms with E-state index in [2.05, 4.69) is 6.92 Å². The van der Waals surface area contributed by atoms with Crippen LogP contribution in [0.1, 0.15) is 111 Å². The third kappa shape index (κ3) is 32.9. The van der Waals surface area contributed by atoms with Crippen LogP contribution in [0, 0.1) is 0 Å². The summed E-state index contributed by atoms with van der Waals surface area (Å²) >= 11 is 0. The fourth-order valence-corrected chi connectivity index (χ4v) is 3.34. The molecule has 0 aliphatic heterocycles. The maximum atomic E-state index is 10.2. The van der Waals surface area contributed by atoms with E-state index in [-0.39, 0.29) is 0 Å². The minimum absolute atomic E-state index is 0.726. The van der Waals surface area contributed by atoms with Crippen LogP contribution in [0.2, 0.25) is 0 Å². The summed E-state index contributed by atoms with van der Waals surface area (Å²) in [6.07, 6.45) is 15.2. The van der Waals surface area contributed by atoms with Gasteiger partial charge in [0, 0.05) is 19.3 Å². The number of unbranched alkanes of at least 4 members (excludes halogenated alkanes) is 13. The van der Waals surface area contributed by atoms with E-state index in [1.807, 2.05) is 13.8 Å². The summed E-state index contributed by atoms with van der Waals surface area (Å²) in [5, 5.41) is 60.6. The fourth-order valence-electron chi connectivity index (χ4n) is 3.34. The van der Waals surface area contributed by atoms with Gasteiger partial charge in [0.1, 0.15) is 24.4 Å². The first-order valence-corrected chi connectivity index (χ1v) is 14.1. The lowest BCUT2D eigenvalue weighted by atomic mass is 10.0. The van der Waals surface area contributed by atoms with Gasteiger partial charge >= 0.3 is 5.97 Å². The third-order valence-electron chi connectivity index (χ3n) is 5.66. The molecule has 9 nitrogen and oxygen atoms in total. The van der Waals surface area contributed by atoms with Gasteiger partial charge < -0.3 is 40.5 Å². The van der Waals surface area contributed by atoms with Gasteiger partial charge in [0.05, 0.1) is 13.2 Å². The number of rotatable bonds is 22. The van der Waals surface area contributed by atoms with E-state index in [1.54, 1.807) is 6.08 Å². The topological polar surface area (TPSA) is 168 Å². The van der Waals surface area contributed by atoms with Crippen LogP contribution < -0.4 is 0 Å². The Kier molecular flexibility index (Phi) is 36.0. The quantitative estimate of drug-likeness (QED) is 0.0805. The molecule has 0 aromatic carbocycles. The number of aliphatic carboxylic acids is 1. The molecular formula is C28H58O9. The Hall–Kier alpha value is -1.07. The van der Waals surface area contributed by atoms with Crippen molar-refractivity contribution in [3.05, 3.63) is 12.2 Å². The molecule has 9 heteroatoms. The summed E-state index contributed by atoms with van der Waals surface area (Å²) in [5.41, 5.74) is 0. The Labute approximate surface area is 225 Å². The number of allylic oxidation sites excluding steroid dienone is 1. The molecule has 0 rings (SSSR count). The summed E-state index contributed by atoms with van der Waals surface area (Å²) in [5.74, 6) is -0.834. The van der Waals surface area contributed by atoms with Crippen molar-refractivity contribution < 1.29 is 45.3 Å². The van der Waals surface area contributed by atoms with Crippen molar-refractivity contribution in [3.63, 3.8) is 0 Å². The molecule has 224 valence electrons. The minimum atomic E-state index is -1.67. The van der Waals surface area contributed by atoms with Gasteiger partial charge in [-0.25, -0.2) is 4.79 Å². The molecule has 0 fully saturated rings. The highest BCUT2D eigenvalue weighted by atomic mass is 16.5. The second-order valence-corrected chi connectivity index (χ2v) is 9.03. The molecule has 0 radical (unpaired) electrons. The van der Waals surface area contributed by atoms with Gasteiger partial charge in [-0.2, -0.15) is 0 Å². The Morgan fingerprint density at radius 3 is 1.27 bits per heavy atom. The molecule has 0 aliphatic rings. The number of carboxylic acids is 1. The minimum Gasteiger partial charge on any atom is -0.478 e. The molecule has 0 spiro atoms. The molecule has 0 unspecified atom stereocenters. The standard InChI is InChI=1S/C18H34O2.C6H14O6.C4H10O/c1-2-3-4-5-6-7-8-9-10-11-12-13-14-15-16-17-18(19)20;7-1-3(9)5(11)6(12)4(10)2-8;1-3-5-4-2/h16-17H,2-15H2,1H3,(H,19,20);3-12H,1-2H2;3-4H2,1-2H3/b17-16+;;/t;3-,4-,5-,6-;/m.1./s1. The first kappa shape index (κ1) is 40.4. The number of aliphatic hydroxyl groups is 6. The zero-order chi connectivity index (χ0) is 28.7.